The molecule has 31 heavy (non-hydrogen) atoms. The van der Waals surface area contributed by atoms with Crippen molar-refractivity contribution >= 4 is 22.2 Å². The van der Waals surface area contributed by atoms with Gasteiger partial charge in [0.2, 0.25) is 4.96 Å². The second-order valence-corrected chi connectivity index (χ2v) is 7.70. The van der Waals surface area contributed by atoms with E-state index in [1.54, 1.807) is 7.11 Å². The molecule has 0 bridgehead atoms. The molecule has 4 aromatic rings. The summed E-state index contributed by atoms with van der Waals surface area (Å²) in [7, 11) is 1.60. The molecule has 0 spiro atoms. The molecule has 2 aromatic carbocycles. The van der Waals surface area contributed by atoms with Gasteiger partial charge in [0.25, 0.3) is 11.5 Å². The third-order valence-corrected chi connectivity index (χ3v) is 5.51. The van der Waals surface area contributed by atoms with Gasteiger partial charge in [0, 0.05) is 11.6 Å². The summed E-state index contributed by atoms with van der Waals surface area (Å²) >= 11 is 1.30. The number of nitrogens with zero attached hydrogens (tertiary/aromatic N) is 3. The van der Waals surface area contributed by atoms with Crippen molar-refractivity contribution in [1.82, 2.24) is 19.9 Å². The molecule has 0 radical (unpaired) electrons. The number of ether oxygens (including phenoxy) is 2. The smallest absolute Gasteiger partial charge is 0.275 e. The zero-order valence-electron chi connectivity index (χ0n) is 17.0. The second kappa shape index (κ2) is 8.97. The lowest BCUT2D eigenvalue weighted by Gasteiger charge is -2.09. The summed E-state index contributed by atoms with van der Waals surface area (Å²) < 4.78 is 12.0. The van der Waals surface area contributed by atoms with Crippen LogP contribution in [0.1, 0.15) is 11.3 Å². The monoisotopic (exact) mass is 436 g/mol. The van der Waals surface area contributed by atoms with Crippen LogP contribution in [0, 0.1) is 6.92 Å². The van der Waals surface area contributed by atoms with Crippen LogP contribution in [0.3, 0.4) is 0 Å². The Hall–Kier alpha value is -3.72. The number of hydrogen-bond donors (Lipinski definition) is 1. The fourth-order valence-corrected chi connectivity index (χ4v) is 3.83. The molecule has 9 heteroatoms. The van der Waals surface area contributed by atoms with Gasteiger partial charge in [-0.15, -0.1) is 0 Å². The maximum Gasteiger partial charge on any atom is 0.275 e. The maximum atomic E-state index is 12.4. The van der Waals surface area contributed by atoms with Crippen molar-refractivity contribution in [2.75, 3.05) is 13.7 Å². The Labute approximate surface area is 182 Å². The predicted molar refractivity (Wildman–Crippen MR) is 118 cm³/mol. The molecular formula is C22H20N4O4S. The van der Waals surface area contributed by atoms with Gasteiger partial charge in [0.15, 0.2) is 6.61 Å². The minimum Gasteiger partial charge on any atom is -0.497 e. The minimum atomic E-state index is -0.304. The van der Waals surface area contributed by atoms with Crippen molar-refractivity contribution in [2.45, 2.75) is 13.5 Å². The number of hydrogen-bond acceptors (Lipinski definition) is 7. The van der Waals surface area contributed by atoms with E-state index < -0.39 is 0 Å². The fraction of sp³-hybridized carbons (Fsp3) is 0.182. The molecule has 4 rings (SSSR count). The van der Waals surface area contributed by atoms with E-state index in [-0.39, 0.29) is 24.6 Å². The highest BCUT2D eigenvalue weighted by molar-refractivity contribution is 7.19. The molecule has 8 nitrogen and oxygen atoms in total. The lowest BCUT2D eigenvalue weighted by molar-refractivity contribution is -0.123. The first-order chi connectivity index (χ1) is 15.0. The van der Waals surface area contributed by atoms with E-state index in [1.165, 1.54) is 21.9 Å². The van der Waals surface area contributed by atoms with Gasteiger partial charge in [-0.05, 0) is 42.8 Å². The molecule has 0 aliphatic heterocycles. The van der Waals surface area contributed by atoms with E-state index in [0.29, 0.717) is 21.4 Å². The molecule has 0 saturated carbocycles. The Kier molecular flexibility index (Phi) is 5.94. The summed E-state index contributed by atoms with van der Waals surface area (Å²) in [4.78, 5) is 29.5. The number of para-hydroxylation sites is 1. The summed E-state index contributed by atoms with van der Waals surface area (Å²) in [5.74, 6) is 1.10. The van der Waals surface area contributed by atoms with E-state index in [9.17, 15) is 9.59 Å². The Morgan fingerprint density at radius 2 is 1.94 bits per heavy atom. The van der Waals surface area contributed by atoms with Crippen LogP contribution in [0.15, 0.2) is 59.4 Å². The van der Waals surface area contributed by atoms with Crippen LogP contribution in [0.2, 0.25) is 0 Å². The number of fused-ring (bicyclic) bond motifs is 1. The van der Waals surface area contributed by atoms with E-state index >= 15 is 0 Å². The number of nitrogens with one attached hydrogen (secondary N) is 1. The Morgan fingerprint density at radius 3 is 2.68 bits per heavy atom. The van der Waals surface area contributed by atoms with Crippen LogP contribution >= 0.6 is 11.3 Å². The second-order valence-electron chi connectivity index (χ2n) is 6.75. The first-order valence-electron chi connectivity index (χ1n) is 9.53. The van der Waals surface area contributed by atoms with Crippen LogP contribution in [0.25, 0.3) is 15.5 Å². The molecule has 2 heterocycles. The fourth-order valence-electron chi connectivity index (χ4n) is 2.90. The number of methoxy groups -OCH3 is 1. The molecular weight excluding hydrogens is 416 g/mol. The van der Waals surface area contributed by atoms with Crippen LogP contribution in [0.5, 0.6) is 11.5 Å². The van der Waals surface area contributed by atoms with Crippen molar-refractivity contribution in [3.05, 3.63) is 76.2 Å². The number of amides is 1. The standard InChI is InChI=1S/C22H20N4O4S/c1-14-5-3-4-6-18(14)30-13-19(27)23-12-16-11-20(28)26-22(24-16)31-21(25-26)15-7-9-17(29-2)10-8-15/h3-11H,12-13H2,1-2H3,(H,23,27). The highest BCUT2D eigenvalue weighted by Crippen LogP contribution is 2.26. The van der Waals surface area contributed by atoms with Crippen LogP contribution in [-0.4, -0.2) is 34.2 Å². The lowest BCUT2D eigenvalue weighted by atomic mass is 10.2. The lowest BCUT2D eigenvalue weighted by Crippen LogP contribution is -2.29. The zero-order chi connectivity index (χ0) is 21.8. The molecule has 2 aromatic heterocycles. The number of aryl methyl sites for hydroxylation is 1. The molecule has 0 aliphatic carbocycles. The SMILES string of the molecule is COc1ccc(-c2nn3c(=O)cc(CNC(=O)COc4ccccc4C)nc3s2)cc1. The van der Waals surface area contributed by atoms with Gasteiger partial charge in [-0.3, -0.25) is 9.59 Å². The molecule has 1 N–H and O–H groups in total. The van der Waals surface area contributed by atoms with Crippen molar-refractivity contribution in [3.8, 4) is 22.1 Å². The quantitative estimate of drug-likeness (QED) is 0.479. The van der Waals surface area contributed by atoms with Gasteiger partial charge in [0.05, 0.1) is 19.3 Å². The Morgan fingerprint density at radius 1 is 1.16 bits per heavy atom. The first kappa shape index (κ1) is 20.5. The molecule has 158 valence electrons. The summed E-state index contributed by atoms with van der Waals surface area (Å²) in [6.45, 7) is 1.92. The third kappa shape index (κ3) is 4.72. The highest BCUT2D eigenvalue weighted by Gasteiger charge is 2.12. The largest absolute Gasteiger partial charge is 0.497 e. The van der Waals surface area contributed by atoms with E-state index in [2.05, 4.69) is 15.4 Å². The van der Waals surface area contributed by atoms with Crippen molar-refractivity contribution in [3.63, 3.8) is 0 Å². The molecule has 0 saturated heterocycles. The highest BCUT2D eigenvalue weighted by atomic mass is 32.1. The number of aromatic nitrogens is 3. The van der Waals surface area contributed by atoms with Crippen molar-refractivity contribution in [1.29, 1.82) is 0 Å². The van der Waals surface area contributed by atoms with Crippen LogP contribution in [-0.2, 0) is 11.3 Å². The van der Waals surface area contributed by atoms with Crippen LogP contribution in [0.4, 0.5) is 0 Å². The van der Waals surface area contributed by atoms with Gasteiger partial charge in [-0.1, -0.05) is 29.5 Å². The minimum absolute atomic E-state index is 0.117. The molecule has 0 atom stereocenters. The number of benzene rings is 2. The molecule has 0 aliphatic rings. The van der Waals surface area contributed by atoms with E-state index in [4.69, 9.17) is 9.47 Å². The zero-order valence-corrected chi connectivity index (χ0v) is 17.8. The number of carbonyl (C=O) groups is 1. The molecule has 0 fully saturated rings. The van der Waals surface area contributed by atoms with Gasteiger partial charge >= 0.3 is 0 Å². The Bertz CT molecular complexity index is 1280. The number of carbonyl (C=O) groups excluding carboxylic acids is 1. The summed E-state index contributed by atoms with van der Waals surface area (Å²) in [5.41, 5.74) is 1.97. The third-order valence-electron chi connectivity index (χ3n) is 4.55. The van der Waals surface area contributed by atoms with Gasteiger partial charge < -0.3 is 14.8 Å². The van der Waals surface area contributed by atoms with Gasteiger partial charge in [0.1, 0.15) is 16.5 Å². The summed E-state index contributed by atoms with van der Waals surface area (Å²) in [6.07, 6.45) is 0. The van der Waals surface area contributed by atoms with Gasteiger partial charge in [-0.2, -0.15) is 9.61 Å². The van der Waals surface area contributed by atoms with Crippen molar-refractivity contribution < 1.29 is 14.3 Å². The van der Waals surface area contributed by atoms with E-state index in [0.717, 1.165) is 16.9 Å². The summed E-state index contributed by atoms with van der Waals surface area (Å²) in [5, 5.41) is 7.75. The normalized spacial score (nSPS) is 10.8. The van der Waals surface area contributed by atoms with E-state index in [1.807, 2.05) is 55.5 Å². The Balaban J connectivity index is 1.44. The summed E-state index contributed by atoms with van der Waals surface area (Å²) in [6, 6.07) is 16.2. The van der Waals surface area contributed by atoms with Crippen molar-refractivity contribution in [2.24, 2.45) is 0 Å². The topological polar surface area (TPSA) is 94.8 Å². The first-order valence-corrected chi connectivity index (χ1v) is 10.3. The molecule has 0 unspecified atom stereocenters. The number of rotatable bonds is 7. The predicted octanol–water partition coefficient (Wildman–Crippen LogP) is 2.83. The van der Waals surface area contributed by atoms with Gasteiger partial charge in [-0.25, -0.2) is 4.98 Å². The average molecular weight is 436 g/mol. The average Bonchev–Trinajstić information content (AvgIpc) is 3.22. The molecule has 1 amide bonds. The maximum absolute atomic E-state index is 12.4. The van der Waals surface area contributed by atoms with Crippen LogP contribution < -0.4 is 20.3 Å².